The van der Waals surface area contributed by atoms with Gasteiger partial charge in [0.2, 0.25) is 0 Å². The van der Waals surface area contributed by atoms with Crippen LogP contribution in [0.4, 0.5) is 0 Å². The third-order valence-electron chi connectivity index (χ3n) is 6.52. The van der Waals surface area contributed by atoms with Gasteiger partial charge in [-0.1, -0.05) is 26.0 Å². The molecule has 0 saturated carbocycles. The van der Waals surface area contributed by atoms with E-state index in [0.717, 1.165) is 49.4 Å². The Balaban J connectivity index is 2.07. The van der Waals surface area contributed by atoms with Crippen molar-refractivity contribution in [2.45, 2.75) is 38.5 Å². The van der Waals surface area contributed by atoms with Gasteiger partial charge in [0.05, 0.1) is 39.9 Å². The summed E-state index contributed by atoms with van der Waals surface area (Å²) < 4.78 is 21.6. The highest BCUT2D eigenvalue weighted by molar-refractivity contribution is 5.47. The van der Waals surface area contributed by atoms with Crippen LogP contribution in [0.3, 0.4) is 0 Å². The van der Waals surface area contributed by atoms with Crippen LogP contribution in [0.5, 0.6) is 23.0 Å². The van der Waals surface area contributed by atoms with Crippen LogP contribution >= 0.6 is 0 Å². The number of nitriles is 1. The van der Waals surface area contributed by atoms with Crippen molar-refractivity contribution in [1.82, 2.24) is 10.4 Å². The molecule has 0 amide bonds. The standard InChI is InChI=1S/C27H39N3O4/c1-20(2)27(19-28,22-10-12-24(32-5)26(18-22)34-7)14-8-15-30(29-3)16-13-21-9-11-23(31-4)25(17-21)33-6/h9-12,17-18,20,29H,8,13-16H2,1-7H3. The summed E-state index contributed by atoms with van der Waals surface area (Å²) in [6.07, 6.45) is 2.47. The van der Waals surface area contributed by atoms with Crippen molar-refractivity contribution in [3.05, 3.63) is 47.5 Å². The van der Waals surface area contributed by atoms with E-state index < -0.39 is 5.41 Å². The zero-order valence-corrected chi connectivity index (χ0v) is 21.6. The van der Waals surface area contributed by atoms with Gasteiger partial charge in [-0.2, -0.15) is 5.26 Å². The monoisotopic (exact) mass is 469 g/mol. The SMILES string of the molecule is CNN(CCCC(C#N)(c1ccc(OC)c(OC)c1)C(C)C)CCc1ccc(OC)c(OC)c1. The highest BCUT2D eigenvalue weighted by Crippen LogP contribution is 2.40. The highest BCUT2D eigenvalue weighted by atomic mass is 16.5. The number of nitrogens with one attached hydrogen (secondary N) is 1. The van der Waals surface area contributed by atoms with Crippen molar-refractivity contribution < 1.29 is 18.9 Å². The summed E-state index contributed by atoms with van der Waals surface area (Å²) in [6.45, 7) is 5.87. The second-order valence-corrected chi connectivity index (χ2v) is 8.56. The van der Waals surface area contributed by atoms with Crippen LogP contribution in [-0.2, 0) is 11.8 Å². The lowest BCUT2D eigenvalue weighted by Crippen LogP contribution is -2.39. The molecule has 34 heavy (non-hydrogen) atoms. The lowest BCUT2D eigenvalue weighted by molar-refractivity contribution is 0.197. The lowest BCUT2D eigenvalue weighted by Gasteiger charge is -2.33. The molecule has 2 rings (SSSR count). The molecule has 1 atom stereocenters. The molecule has 2 aromatic carbocycles. The molecule has 2 aromatic rings. The summed E-state index contributed by atoms with van der Waals surface area (Å²) in [5.74, 6) is 2.92. The van der Waals surface area contributed by atoms with Crippen LogP contribution in [0.25, 0.3) is 0 Å². The summed E-state index contributed by atoms with van der Waals surface area (Å²) in [7, 11) is 8.46. The van der Waals surface area contributed by atoms with Gasteiger partial charge >= 0.3 is 0 Å². The van der Waals surface area contributed by atoms with E-state index in [0.29, 0.717) is 11.5 Å². The molecule has 0 spiro atoms. The summed E-state index contributed by atoms with van der Waals surface area (Å²) in [5.41, 5.74) is 4.82. The number of hydrogen-bond acceptors (Lipinski definition) is 7. The molecule has 0 radical (unpaired) electrons. The van der Waals surface area contributed by atoms with Gasteiger partial charge in [0.1, 0.15) is 0 Å². The maximum atomic E-state index is 10.3. The maximum Gasteiger partial charge on any atom is 0.161 e. The number of hydrogen-bond donors (Lipinski definition) is 1. The fourth-order valence-electron chi connectivity index (χ4n) is 4.31. The van der Waals surface area contributed by atoms with Crippen molar-refractivity contribution in [2.75, 3.05) is 48.6 Å². The van der Waals surface area contributed by atoms with Crippen molar-refractivity contribution in [1.29, 1.82) is 5.26 Å². The number of rotatable bonds is 14. The van der Waals surface area contributed by atoms with Crippen LogP contribution < -0.4 is 24.4 Å². The predicted octanol–water partition coefficient (Wildman–Crippen LogP) is 4.60. The summed E-state index contributed by atoms with van der Waals surface area (Å²) in [6, 6.07) is 14.4. The number of ether oxygens (including phenoxy) is 4. The number of benzene rings is 2. The second-order valence-electron chi connectivity index (χ2n) is 8.56. The van der Waals surface area contributed by atoms with Crippen LogP contribution in [0, 0.1) is 17.2 Å². The Morgan fingerprint density at radius 1 is 0.882 bits per heavy atom. The van der Waals surface area contributed by atoms with Gasteiger partial charge in [-0.3, -0.25) is 5.43 Å². The number of methoxy groups -OCH3 is 4. The smallest absolute Gasteiger partial charge is 0.161 e. The second kappa shape index (κ2) is 13.1. The van der Waals surface area contributed by atoms with Crippen molar-refractivity contribution in [3.8, 4) is 29.1 Å². The fourth-order valence-corrected chi connectivity index (χ4v) is 4.31. The number of hydrazine groups is 1. The molecule has 186 valence electrons. The molecule has 0 saturated heterocycles. The minimum absolute atomic E-state index is 0.144. The molecule has 0 aliphatic heterocycles. The number of nitrogens with zero attached hydrogens (tertiary/aromatic N) is 2. The molecular weight excluding hydrogens is 430 g/mol. The first kappa shape index (κ1) is 27.3. The first-order valence-corrected chi connectivity index (χ1v) is 11.7. The van der Waals surface area contributed by atoms with Crippen molar-refractivity contribution >= 4 is 0 Å². The van der Waals surface area contributed by atoms with E-state index in [1.165, 1.54) is 5.56 Å². The Hall–Kier alpha value is -2.95. The summed E-state index contributed by atoms with van der Waals surface area (Å²) >= 11 is 0. The molecule has 0 bridgehead atoms. The van der Waals surface area contributed by atoms with E-state index in [1.54, 1.807) is 28.4 Å². The normalized spacial score (nSPS) is 12.8. The van der Waals surface area contributed by atoms with Crippen LogP contribution in [0.15, 0.2) is 36.4 Å². The van der Waals surface area contributed by atoms with E-state index in [-0.39, 0.29) is 5.92 Å². The zero-order valence-electron chi connectivity index (χ0n) is 21.6. The molecule has 0 aromatic heterocycles. The van der Waals surface area contributed by atoms with E-state index in [4.69, 9.17) is 18.9 Å². The molecule has 0 fully saturated rings. The van der Waals surface area contributed by atoms with Gasteiger partial charge in [0.15, 0.2) is 23.0 Å². The average Bonchev–Trinajstić information content (AvgIpc) is 2.87. The third-order valence-corrected chi connectivity index (χ3v) is 6.52. The molecule has 0 heterocycles. The molecule has 0 aliphatic rings. The fraction of sp³-hybridized carbons (Fsp3) is 0.519. The van der Waals surface area contributed by atoms with Crippen molar-refractivity contribution in [2.24, 2.45) is 5.92 Å². The third kappa shape index (κ3) is 6.34. The molecule has 1 unspecified atom stereocenters. The largest absolute Gasteiger partial charge is 0.493 e. The van der Waals surface area contributed by atoms with Gasteiger partial charge in [-0.25, -0.2) is 5.01 Å². The van der Waals surface area contributed by atoms with Gasteiger partial charge in [0.25, 0.3) is 0 Å². The Bertz CT molecular complexity index is 957. The van der Waals surface area contributed by atoms with Crippen LogP contribution in [0.2, 0.25) is 0 Å². The summed E-state index contributed by atoms with van der Waals surface area (Å²) in [5, 5.41) is 12.5. The Labute approximate surface area is 204 Å². The van der Waals surface area contributed by atoms with Gasteiger partial charge in [0, 0.05) is 13.1 Å². The quantitative estimate of drug-likeness (QED) is 0.405. The molecule has 7 heteroatoms. The average molecular weight is 470 g/mol. The molecule has 1 N–H and O–H groups in total. The highest BCUT2D eigenvalue weighted by Gasteiger charge is 2.36. The van der Waals surface area contributed by atoms with Crippen LogP contribution in [0.1, 0.15) is 37.8 Å². The van der Waals surface area contributed by atoms with Gasteiger partial charge in [-0.15, -0.1) is 0 Å². The molecule has 0 aliphatic carbocycles. The Morgan fingerprint density at radius 3 is 2.00 bits per heavy atom. The summed E-state index contributed by atoms with van der Waals surface area (Å²) in [4.78, 5) is 0. The minimum Gasteiger partial charge on any atom is -0.493 e. The Morgan fingerprint density at radius 2 is 1.47 bits per heavy atom. The van der Waals surface area contributed by atoms with Crippen LogP contribution in [-0.4, -0.2) is 53.6 Å². The van der Waals surface area contributed by atoms with Gasteiger partial charge in [-0.05, 0) is 67.6 Å². The topological polar surface area (TPSA) is 76.0 Å². The zero-order chi connectivity index (χ0) is 25.1. The minimum atomic E-state index is -0.609. The van der Waals surface area contributed by atoms with E-state index in [2.05, 4.69) is 36.4 Å². The lowest BCUT2D eigenvalue weighted by atomic mass is 9.69. The maximum absolute atomic E-state index is 10.3. The molecule has 7 nitrogen and oxygen atoms in total. The predicted molar refractivity (Wildman–Crippen MR) is 135 cm³/mol. The Kier molecular flexibility index (Phi) is 10.5. The van der Waals surface area contributed by atoms with Crippen molar-refractivity contribution in [3.63, 3.8) is 0 Å². The van der Waals surface area contributed by atoms with E-state index in [9.17, 15) is 5.26 Å². The van der Waals surface area contributed by atoms with Gasteiger partial charge < -0.3 is 18.9 Å². The first-order valence-electron chi connectivity index (χ1n) is 11.7. The first-order chi connectivity index (χ1) is 16.4. The molecular formula is C27H39N3O4. The van der Waals surface area contributed by atoms with E-state index in [1.807, 2.05) is 37.4 Å². The van der Waals surface area contributed by atoms with E-state index >= 15 is 0 Å².